The van der Waals surface area contributed by atoms with Gasteiger partial charge in [0.25, 0.3) is 5.91 Å². The van der Waals surface area contributed by atoms with Crippen LogP contribution in [0, 0.1) is 0 Å². The third kappa shape index (κ3) is 3.92. The fourth-order valence-corrected chi connectivity index (χ4v) is 5.11. The smallest absolute Gasteiger partial charge is 0.273 e. The highest BCUT2D eigenvalue weighted by Crippen LogP contribution is 2.31. The van der Waals surface area contributed by atoms with Crippen LogP contribution < -0.4 is 0 Å². The monoisotopic (exact) mass is 357 g/mol. The summed E-state index contributed by atoms with van der Waals surface area (Å²) < 4.78 is 24.6. The molecule has 0 saturated carbocycles. The number of piperidine rings is 2. The highest BCUT2D eigenvalue weighted by atomic mass is 32.2. The van der Waals surface area contributed by atoms with Crippen molar-refractivity contribution in [3.05, 3.63) is 16.1 Å². The minimum atomic E-state index is -3.10. The zero-order valence-electron chi connectivity index (χ0n) is 13.4. The van der Waals surface area contributed by atoms with E-state index in [0.717, 1.165) is 43.8 Å². The Bertz CT molecular complexity index is 657. The first kappa shape index (κ1) is 16.9. The zero-order valence-corrected chi connectivity index (χ0v) is 15.0. The molecule has 1 aromatic rings. The van der Waals surface area contributed by atoms with Crippen LogP contribution >= 0.6 is 11.3 Å². The Hall–Kier alpha value is -0.990. The molecule has 2 saturated heterocycles. The van der Waals surface area contributed by atoms with Crippen molar-refractivity contribution in [1.29, 1.82) is 0 Å². The van der Waals surface area contributed by atoms with Crippen LogP contribution in [-0.2, 0) is 10.0 Å². The molecule has 23 heavy (non-hydrogen) atoms. The lowest BCUT2D eigenvalue weighted by Gasteiger charge is -2.29. The summed E-state index contributed by atoms with van der Waals surface area (Å²) in [7, 11) is -3.10. The minimum absolute atomic E-state index is 0.0424. The molecule has 0 aliphatic carbocycles. The van der Waals surface area contributed by atoms with Gasteiger partial charge in [-0.25, -0.2) is 17.7 Å². The van der Waals surface area contributed by atoms with Gasteiger partial charge in [-0.15, -0.1) is 11.3 Å². The van der Waals surface area contributed by atoms with Crippen molar-refractivity contribution in [3.63, 3.8) is 0 Å². The Balaban J connectivity index is 1.62. The van der Waals surface area contributed by atoms with Crippen molar-refractivity contribution < 1.29 is 13.2 Å². The standard InChI is InChI=1S/C15H23N3O3S2/c1-23(20,21)18-9-5-12(6-10-18)14-16-13(11-22-14)15(19)17-7-3-2-4-8-17/h11-12H,2-10H2,1H3. The minimum Gasteiger partial charge on any atom is -0.337 e. The summed E-state index contributed by atoms with van der Waals surface area (Å²) in [6, 6.07) is 0. The van der Waals surface area contributed by atoms with Gasteiger partial charge in [-0.3, -0.25) is 4.79 Å². The number of likely N-dealkylation sites (tertiary alicyclic amines) is 1. The van der Waals surface area contributed by atoms with Crippen molar-refractivity contribution in [2.45, 2.75) is 38.0 Å². The topological polar surface area (TPSA) is 70.6 Å². The first-order valence-electron chi connectivity index (χ1n) is 8.15. The first-order valence-corrected chi connectivity index (χ1v) is 10.9. The summed E-state index contributed by atoms with van der Waals surface area (Å²) in [5, 5.41) is 2.83. The maximum absolute atomic E-state index is 12.5. The average Bonchev–Trinajstić information content (AvgIpc) is 3.04. The van der Waals surface area contributed by atoms with Gasteiger partial charge in [-0.1, -0.05) is 0 Å². The molecule has 0 bridgehead atoms. The molecule has 3 rings (SSSR count). The van der Waals surface area contributed by atoms with Crippen molar-refractivity contribution in [3.8, 4) is 0 Å². The highest BCUT2D eigenvalue weighted by Gasteiger charge is 2.28. The van der Waals surface area contributed by atoms with Crippen LogP contribution in [-0.4, -0.2) is 60.9 Å². The zero-order chi connectivity index (χ0) is 16.4. The summed E-state index contributed by atoms with van der Waals surface area (Å²) in [5.74, 6) is 0.307. The molecule has 3 heterocycles. The van der Waals surface area contributed by atoms with Gasteiger partial charge < -0.3 is 4.90 Å². The van der Waals surface area contributed by atoms with E-state index in [2.05, 4.69) is 4.98 Å². The van der Waals surface area contributed by atoms with Crippen LogP contribution in [0.25, 0.3) is 0 Å². The summed E-state index contributed by atoms with van der Waals surface area (Å²) in [4.78, 5) is 18.9. The molecule has 6 nitrogen and oxygen atoms in total. The number of hydrogen-bond acceptors (Lipinski definition) is 5. The predicted molar refractivity (Wildman–Crippen MR) is 90.3 cm³/mol. The van der Waals surface area contributed by atoms with E-state index in [9.17, 15) is 13.2 Å². The predicted octanol–water partition coefficient (Wildman–Crippen LogP) is 1.91. The van der Waals surface area contributed by atoms with Gasteiger partial charge in [0, 0.05) is 37.5 Å². The number of hydrogen-bond donors (Lipinski definition) is 0. The molecule has 1 aromatic heterocycles. The number of rotatable bonds is 3. The van der Waals surface area contributed by atoms with E-state index in [-0.39, 0.29) is 11.8 Å². The van der Waals surface area contributed by atoms with E-state index in [1.165, 1.54) is 28.3 Å². The van der Waals surface area contributed by atoms with Crippen molar-refractivity contribution in [1.82, 2.24) is 14.2 Å². The molecular formula is C15H23N3O3S2. The van der Waals surface area contributed by atoms with Crippen LogP contribution in [0.2, 0.25) is 0 Å². The van der Waals surface area contributed by atoms with Crippen LogP contribution in [0.1, 0.15) is 53.5 Å². The molecule has 0 N–H and O–H groups in total. The Morgan fingerprint density at radius 1 is 1.17 bits per heavy atom. The lowest BCUT2D eigenvalue weighted by atomic mass is 9.99. The summed E-state index contributed by atoms with van der Waals surface area (Å²) >= 11 is 1.53. The number of aromatic nitrogens is 1. The Morgan fingerprint density at radius 3 is 2.43 bits per heavy atom. The quantitative estimate of drug-likeness (QED) is 0.828. The van der Waals surface area contributed by atoms with Gasteiger partial charge in [0.2, 0.25) is 10.0 Å². The number of nitrogens with zero attached hydrogens (tertiary/aromatic N) is 3. The number of amides is 1. The third-order valence-electron chi connectivity index (χ3n) is 4.66. The molecule has 0 aromatic carbocycles. The van der Waals surface area contributed by atoms with E-state index >= 15 is 0 Å². The molecule has 1 amide bonds. The van der Waals surface area contributed by atoms with Gasteiger partial charge >= 0.3 is 0 Å². The van der Waals surface area contributed by atoms with E-state index in [1.807, 2.05) is 10.3 Å². The maximum Gasteiger partial charge on any atom is 0.273 e. The molecule has 0 unspecified atom stereocenters. The van der Waals surface area contributed by atoms with Gasteiger partial charge in [0.1, 0.15) is 5.69 Å². The van der Waals surface area contributed by atoms with Crippen molar-refractivity contribution in [2.24, 2.45) is 0 Å². The second-order valence-corrected chi connectivity index (χ2v) is 9.23. The van der Waals surface area contributed by atoms with Crippen molar-refractivity contribution >= 4 is 27.3 Å². The van der Waals surface area contributed by atoms with Crippen LogP contribution in [0.5, 0.6) is 0 Å². The van der Waals surface area contributed by atoms with E-state index in [0.29, 0.717) is 18.8 Å². The first-order chi connectivity index (χ1) is 10.9. The van der Waals surface area contributed by atoms with E-state index in [1.54, 1.807) is 0 Å². The average molecular weight is 358 g/mol. The van der Waals surface area contributed by atoms with Crippen molar-refractivity contribution in [2.75, 3.05) is 32.4 Å². The lowest BCUT2D eigenvalue weighted by molar-refractivity contribution is 0.0719. The van der Waals surface area contributed by atoms with Crippen LogP contribution in [0.3, 0.4) is 0 Å². The number of sulfonamides is 1. The molecular weight excluding hydrogens is 334 g/mol. The summed E-state index contributed by atoms with van der Waals surface area (Å²) in [6.07, 6.45) is 6.16. The maximum atomic E-state index is 12.5. The molecule has 2 aliphatic rings. The van der Waals surface area contributed by atoms with Gasteiger partial charge in [0.05, 0.1) is 11.3 Å². The largest absolute Gasteiger partial charge is 0.337 e. The number of carbonyl (C=O) groups excluding carboxylic acids is 1. The van der Waals surface area contributed by atoms with E-state index < -0.39 is 10.0 Å². The molecule has 0 atom stereocenters. The van der Waals surface area contributed by atoms with Gasteiger partial charge in [-0.2, -0.15) is 0 Å². The molecule has 128 valence electrons. The van der Waals surface area contributed by atoms with Gasteiger partial charge in [-0.05, 0) is 32.1 Å². The van der Waals surface area contributed by atoms with E-state index in [4.69, 9.17) is 0 Å². The summed E-state index contributed by atoms with van der Waals surface area (Å²) in [5.41, 5.74) is 0.553. The lowest BCUT2D eigenvalue weighted by Crippen LogP contribution is -2.37. The molecule has 0 radical (unpaired) electrons. The molecule has 0 spiro atoms. The van der Waals surface area contributed by atoms with Gasteiger partial charge in [0.15, 0.2) is 0 Å². The fourth-order valence-electron chi connectivity index (χ4n) is 3.27. The normalized spacial score (nSPS) is 21.5. The third-order valence-corrected chi connectivity index (χ3v) is 6.97. The molecule has 2 aliphatic heterocycles. The second-order valence-electron chi connectivity index (χ2n) is 6.36. The second kappa shape index (κ2) is 6.86. The molecule has 8 heteroatoms. The summed E-state index contributed by atoms with van der Waals surface area (Å²) in [6.45, 7) is 2.74. The number of thiazole rings is 1. The van der Waals surface area contributed by atoms with Crippen LogP contribution in [0.4, 0.5) is 0 Å². The Morgan fingerprint density at radius 2 is 1.83 bits per heavy atom. The Labute approximate surface area is 141 Å². The molecule has 2 fully saturated rings. The number of carbonyl (C=O) groups is 1. The fraction of sp³-hybridized carbons (Fsp3) is 0.733. The SMILES string of the molecule is CS(=O)(=O)N1CCC(c2nc(C(=O)N3CCCCC3)cs2)CC1. The van der Waals surface area contributed by atoms with Crippen LogP contribution in [0.15, 0.2) is 5.38 Å². The Kier molecular flexibility index (Phi) is 5.03. The highest BCUT2D eigenvalue weighted by molar-refractivity contribution is 7.88.